The van der Waals surface area contributed by atoms with Gasteiger partial charge in [-0.3, -0.25) is 0 Å². The Bertz CT molecular complexity index is 671. The molecule has 3 rings (SSSR count). The van der Waals surface area contributed by atoms with E-state index in [0.717, 1.165) is 12.4 Å². The maximum Gasteiger partial charge on any atom is 0.126 e. The molecule has 0 bridgehead atoms. The Morgan fingerprint density at radius 2 is 1.81 bits per heavy atom. The molecule has 0 aliphatic carbocycles. The monoisotopic (exact) mass is 344 g/mol. The molecule has 0 aromatic heterocycles. The number of rotatable bonds is 2. The fraction of sp³-hybridized carbons (Fsp3) is 0.368. The zero-order valence-corrected chi connectivity index (χ0v) is 14.6. The number of hydrogen-bond acceptors (Lipinski definition) is 1. The number of ether oxygens (including phenoxy) is 1. The van der Waals surface area contributed by atoms with Gasteiger partial charge < -0.3 is 4.74 Å². The zero-order valence-electron chi connectivity index (χ0n) is 13.0. The van der Waals surface area contributed by atoms with Gasteiger partial charge in [0.05, 0.1) is 6.61 Å². The smallest absolute Gasteiger partial charge is 0.126 e. The predicted octanol–water partition coefficient (Wildman–Crippen LogP) is 5.71. The average molecular weight is 345 g/mol. The van der Waals surface area contributed by atoms with Crippen molar-refractivity contribution in [2.75, 3.05) is 6.61 Å². The second kappa shape index (κ2) is 5.49. The first kappa shape index (κ1) is 14.6. The highest BCUT2D eigenvalue weighted by molar-refractivity contribution is 9.10. The van der Waals surface area contributed by atoms with Gasteiger partial charge in [0.2, 0.25) is 0 Å². The number of hydrogen-bond donors (Lipinski definition) is 0. The summed E-state index contributed by atoms with van der Waals surface area (Å²) in [6, 6.07) is 11.2. The lowest BCUT2D eigenvalue weighted by atomic mass is 9.88. The molecular weight excluding hydrogens is 324 g/mol. The van der Waals surface area contributed by atoms with Crippen molar-refractivity contribution in [3.63, 3.8) is 0 Å². The summed E-state index contributed by atoms with van der Waals surface area (Å²) in [7, 11) is 0. The fourth-order valence-electron chi connectivity index (χ4n) is 3.11. The minimum Gasteiger partial charge on any atom is -0.492 e. The van der Waals surface area contributed by atoms with Gasteiger partial charge in [0, 0.05) is 16.0 Å². The molecule has 0 saturated carbocycles. The van der Waals surface area contributed by atoms with E-state index in [2.05, 4.69) is 74.0 Å². The molecule has 2 aromatic rings. The first-order chi connectivity index (χ1) is 9.99. The molecule has 2 heteroatoms. The molecule has 1 aliphatic rings. The summed E-state index contributed by atoms with van der Waals surface area (Å²) in [5, 5.41) is 0. The Balaban J connectivity index is 2.05. The molecule has 110 valence electrons. The van der Waals surface area contributed by atoms with Crippen LogP contribution < -0.4 is 4.74 Å². The molecular formula is C19H21BrO. The Kier molecular flexibility index (Phi) is 3.83. The lowest BCUT2D eigenvalue weighted by Gasteiger charge is -2.15. The van der Waals surface area contributed by atoms with Crippen LogP contribution in [0.15, 0.2) is 34.8 Å². The summed E-state index contributed by atoms with van der Waals surface area (Å²) < 4.78 is 7.16. The van der Waals surface area contributed by atoms with Crippen molar-refractivity contribution in [3.05, 3.63) is 62.6 Å². The van der Waals surface area contributed by atoms with E-state index in [4.69, 9.17) is 4.74 Å². The summed E-state index contributed by atoms with van der Waals surface area (Å²) in [5.41, 5.74) is 6.59. The summed E-state index contributed by atoms with van der Waals surface area (Å²) in [5.74, 6) is 2.00. The third kappa shape index (κ3) is 2.50. The van der Waals surface area contributed by atoms with Crippen molar-refractivity contribution in [2.24, 2.45) is 0 Å². The normalized spacial score (nSPS) is 17.0. The Labute approximate surface area is 135 Å². The van der Waals surface area contributed by atoms with Crippen LogP contribution in [0.4, 0.5) is 0 Å². The Morgan fingerprint density at radius 1 is 1.14 bits per heavy atom. The van der Waals surface area contributed by atoms with E-state index in [0.29, 0.717) is 11.8 Å². The maximum atomic E-state index is 5.99. The van der Waals surface area contributed by atoms with Crippen LogP contribution in [0, 0.1) is 13.8 Å². The van der Waals surface area contributed by atoms with Crippen LogP contribution >= 0.6 is 15.9 Å². The molecule has 0 fully saturated rings. The van der Waals surface area contributed by atoms with Crippen LogP contribution in [0.1, 0.15) is 53.5 Å². The molecule has 0 N–H and O–H groups in total. The molecule has 0 radical (unpaired) electrons. The van der Waals surface area contributed by atoms with Gasteiger partial charge in [-0.1, -0.05) is 54.0 Å². The molecule has 1 unspecified atom stereocenters. The van der Waals surface area contributed by atoms with Gasteiger partial charge in [0.1, 0.15) is 5.75 Å². The van der Waals surface area contributed by atoms with Crippen molar-refractivity contribution in [1.82, 2.24) is 0 Å². The van der Waals surface area contributed by atoms with Gasteiger partial charge in [0.25, 0.3) is 0 Å². The third-order valence-electron chi connectivity index (χ3n) is 4.46. The highest BCUT2D eigenvalue weighted by Gasteiger charge is 2.29. The maximum absolute atomic E-state index is 5.99. The molecule has 1 nitrogen and oxygen atoms in total. The quantitative estimate of drug-likeness (QED) is 0.677. The van der Waals surface area contributed by atoms with E-state index < -0.39 is 0 Å². The number of halogens is 1. The van der Waals surface area contributed by atoms with Gasteiger partial charge in [-0.15, -0.1) is 0 Å². The van der Waals surface area contributed by atoms with Gasteiger partial charge in [-0.05, 0) is 48.1 Å². The third-order valence-corrected chi connectivity index (χ3v) is 5.28. The average Bonchev–Trinajstić information content (AvgIpc) is 2.90. The van der Waals surface area contributed by atoms with Gasteiger partial charge >= 0.3 is 0 Å². The summed E-state index contributed by atoms with van der Waals surface area (Å²) in [6.45, 7) is 9.50. The molecule has 1 heterocycles. The van der Waals surface area contributed by atoms with E-state index in [1.54, 1.807) is 0 Å². The zero-order chi connectivity index (χ0) is 15.1. The van der Waals surface area contributed by atoms with Gasteiger partial charge in [0.15, 0.2) is 0 Å². The molecule has 1 atom stereocenters. The molecule has 0 spiro atoms. The summed E-state index contributed by atoms with van der Waals surface area (Å²) in [6.07, 6.45) is 0. The Hall–Kier alpha value is -1.28. The first-order valence-electron chi connectivity index (χ1n) is 7.51. The highest BCUT2D eigenvalue weighted by atomic mass is 79.9. The van der Waals surface area contributed by atoms with Crippen molar-refractivity contribution in [1.29, 1.82) is 0 Å². The summed E-state index contributed by atoms with van der Waals surface area (Å²) in [4.78, 5) is 0. The van der Waals surface area contributed by atoms with E-state index >= 15 is 0 Å². The van der Waals surface area contributed by atoms with Crippen LogP contribution in [0.5, 0.6) is 5.75 Å². The lowest BCUT2D eigenvalue weighted by molar-refractivity contribution is 0.341. The number of benzene rings is 2. The van der Waals surface area contributed by atoms with Crippen LogP contribution in [-0.4, -0.2) is 6.61 Å². The second-order valence-corrected chi connectivity index (χ2v) is 7.08. The molecule has 1 aliphatic heterocycles. The second-order valence-electron chi connectivity index (χ2n) is 6.23. The van der Waals surface area contributed by atoms with E-state index in [9.17, 15) is 0 Å². The van der Waals surface area contributed by atoms with E-state index in [1.165, 1.54) is 32.3 Å². The van der Waals surface area contributed by atoms with Crippen molar-refractivity contribution < 1.29 is 4.74 Å². The molecule has 0 amide bonds. The van der Waals surface area contributed by atoms with Crippen molar-refractivity contribution in [3.8, 4) is 5.75 Å². The fourth-order valence-corrected chi connectivity index (χ4v) is 3.67. The van der Waals surface area contributed by atoms with Gasteiger partial charge in [-0.25, -0.2) is 0 Å². The first-order valence-corrected chi connectivity index (χ1v) is 8.30. The largest absolute Gasteiger partial charge is 0.492 e. The SMILES string of the molecule is Cc1cc(Br)c(C)c2c1OCC2c1ccc(C(C)C)cc1. The highest BCUT2D eigenvalue weighted by Crippen LogP contribution is 2.44. The summed E-state index contributed by atoms with van der Waals surface area (Å²) >= 11 is 3.67. The standard InChI is InChI=1S/C19H21BrO/c1-11(2)14-5-7-15(8-6-14)16-10-21-19-12(3)9-17(20)13(4)18(16)19/h5-9,11,16H,10H2,1-4H3. The molecule has 0 saturated heterocycles. The van der Waals surface area contributed by atoms with Crippen LogP contribution in [0.2, 0.25) is 0 Å². The van der Waals surface area contributed by atoms with E-state index in [-0.39, 0.29) is 0 Å². The van der Waals surface area contributed by atoms with Crippen LogP contribution in [0.25, 0.3) is 0 Å². The minimum atomic E-state index is 0.345. The minimum absolute atomic E-state index is 0.345. The number of aryl methyl sites for hydroxylation is 1. The van der Waals surface area contributed by atoms with Gasteiger partial charge in [-0.2, -0.15) is 0 Å². The topological polar surface area (TPSA) is 9.23 Å². The molecule has 2 aromatic carbocycles. The van der Waals surface area contributed by atoms with Crippen LogP contribution in [0.3, 0.4) is 0 Å². The predicted molar refractivity (Wildman–Crippen MR) is 91.5 cm³/mol. The Morgan fingerprint density at radius 3 is 2.43 bits per heavy atom. The van der Waals surface area contributed by atoms with Crippen molar-refractivity contribution >= 4 is 15.9 Å². The number of fused-ring (bicyclic) bond motifs is 1. The lowest BCUT2D eigenvalue weighted by Crippen LogP contribution is -2.04. The molecule has 21 heavy (non-hydrogen) atoms. The van der Waals surface area contributed by atoms with E-state index in [1.807, 2.05) is 0 Å². The van der Waals surface area contributed by atoms with Crippen molar-refractivity contribution in [2.45, 2.75) is 39.5 Å². The van der Waals surface area contributed by atoms with Crippen LogP contribution in [-0.2, 0) is 0 Å².